The third kappa shape index (κ3) is 2.59. The maximum atomic E-state index is 12.8. The van der Waals surface area contributed by atoms with Crippen molar-refractivity contribution in [1.82, 2.24) is 4.98 Å². The second kappa shape index (κ2) is 5.58. The molecule has 3 rings (SSSR count). The Balaban J connectivity index is 1.96. The first-order chi connectivity index (χ1) is 10.1. The number of benzene rings is 1. The molecule has 5 heteroatoms. The van der Waals surface area contributed by atoms with Crippen LogP contribution < -0.4 is 10.6 Å². The lowest BCUT2D eigenvalue weighted by atomic mass is 9.96. The van der Waals surface area contributed by atoms with Gasteiger partial charge in [0.2, 0.25) is 0 Å². The Hall–Kier alpha value is -1.72. The number of hydrogen-bond acceptors (Lipinski definition) is 4. The van der Waals surface area contributed by atoms with E-state index in [-0.39, 0.29) is 18.0 Å². The lowest BCUT2D eigenvalue weighted by Gasteiger charge is -2.34. The molecule has 0 spiro atoms. The zero-order valence-electron chi connectivity index (χ0n) is 12.2. The van der Waals surface area contributed by atoms with Crippen LogP contribution in [0.2, 0.25) is 0 Å². The van der Waals surface area contributed by atoms with Crippen molar-refractivity contribution in [2.45, 2.75) is 38.8 Å². The number of fused-ring (bicyclic) bond motifs is 1. The third-order valence-electron chi connectivity index (χ3n) is 3.87. The molecule has 110 valence electrons. The van der Waals surface area contributed by atoms with Crippen molar-refractivity contribution in [2.24, 2.45) is 5.73 Å². The molecule has 2 aromatic rings. The number of hydrogen-bond donors (Lipinski definition) is 1. The molecule has 1 aromatic heterocycles. The second-order valence-corrected chi connectivity index (χ2v) is 6.44. The van der Waals surface area contributed by atoms with E-state index in [2.05, 4.69) is 18.0 Å². The quantitative estimate of drug-likeness (QED) is 0.927. The summed E-state index contributed by atoms with van der Waals surface area (Å²) in [5.41, 5.74) is 8.57. The fourth-order valence-corrected chi connectivity index (χ4v) is 3.47. The van der Waals surface area contributed by atoms with Gasteiger partial charge in [-0.2, -0.15) is 0 Å². The monoisotopic (exact) mass is 301 g/mol. The summed E-state index contributed by atoms with van der Waals surface area (Å²) in [5.74, 6) is -0.0298. The van der Waals surface area contributed by atoms with E-state index < -0.39 is 0 Å². The average Bonchev–Trinajstić information content (AvgIpc) is 2.96. The second-order valence-electron chi connectivity index (χ2n) is 5.55. The van der Waals surface area contributed by atoms with Gasteiger partial charge in [-0.25, -0.2) is 4.98 Å². The molecule has 2 atom stereocenters. The summed E-state index contributed by atoms with van der Waals surface area (Å²) in [6.45, 7) is 3.97. The average molecular weight is 301 g/mol. The molecule has 0 radical (unpaired) electrons. The van der Waals surface area contributed by atoms with E-state index in [0.29, 0.717) is 5.69 Å². The van der Waals surface area contributed by atoms with Crippen LogP contribution in [0.4, 0.5) is 5.69 Å². The van der Waals surface area contributed by atoms with Gasteiger partial charge in [0.15, 0.2) is 0 Å². The maximum absolute atomic E-state index is 12.8. The van der Waals surface area contributed by atoms with E-state index in [4.69, 9.17) is 5.73 Å². The number of para-hydroxylation sites is 1. The standard InChI is InChI=1S/C16H19N3OS/c1-10-7-8-12-5-3-4-6-14(12)19(10)16(20)13-9-21-15(18-13)11(2)17/h3-6,9-11H,7-8,17H2,1-2H3. The predicted molar refractivity (Wildman–Crippen MR) is 85.8 cm³/mol. The highest BCUT2D eigenvalue weighted by atomic mass is 32.1. The van der Waals surface area contributed by atoms with E-state index in [9.17, 15) is 4.79 Å². The first-order valence-corrected chi connectivity index (χ1v) is 8.08. The Morgan fingerprint density at radius 2 is 2.24 bits per heavy atom. The molecule has 21 heavy (non-hydrogen) atoms. The zero-order chi connectivity index (χ0) is 15.0. The molecule has 1 amide bonds. The molecule has 2 unspecified atom stereocenters. The van der Waals surface area contributed by atoms with Crippen LogP contribution in [-0.2, 0) is 6.42 Å². The Labute approximate surface area is 128 Å². The topological polar surface area (TPSA) is 59.2 Å². The number of nitrogens with zero attached hydrogens (tertiary/aromatic N) is 2. The fourth-order valence-electron chi connectivity index (χ4n) is 2.72. The van der Waals surface area contributed by atoms with E-state index in [1.807, 2.05) is 35.4 Å². The molecule has 1 aliphatic heterocycles. The molecule has 1 aliphatic rings. The van der Waals surface area contributed by atoms with Gasteiger partial charge in [-0.3, -0.25) is 4.79 Å². The number of carbonyl (C=O) groups is 1. The van der Waals surface area contributed by atoms with Crippen LogP contribution in [-0.4, -0.2) is 16.9 Å². The number of thiazole rings is 1. The smallest absolute Gasteiger partial charge is 0.278 e. The molecule has 1 aromatic carbocycles. The van der Waals surface area contributed by atoms with Crippen molar-refractivity contribution in [2.75, 3.05) is 4.90 Å². The number of aromatic nitrogens is 1. The Morgan fingerprint density at radius 1 is 1.48 bits per heavy atom. The number of aryl methyl sites for hydroxylation is 1. The lowest BCUT2D eigenvalue weighted by molar-refractivity contribution is 0.0971. The van der Waals surface area contributed by atoms with Crippen molar-refractivity contribution in [1.29, 1.82) is 0 Å². The highest BCUT2D eigenvalue weighted by Gasteiger charge is 2.30. The molecule has 0 saturated heterocycles. The van der Waals surface area contributed by atoms with Gasteiger partial charge in [-0.15, -0.1) is 11.3 Å². The van der Waals surface area contributed by atoms with Crippen molar-refractivity contribution in [3.63, 3.8) is 0 Å². The highest BCUT2D eigenvalue weighted by molar-refractivity contribution is 7.09. The van der Waals surface area contributed by atoms with Gasteiger partial charge < -0.3 is 10.6 Å². The molecule has 0 saturated carbocycles. The fraction of sp³-hybridized carbons (Fsp3) is 0.375. The highest BCUT2D eigenvalue weighted by Crippen LogP contribution is 2.32. The van der Waals surface area contributed by atoms with E-state index in [1.165, 1.54) is 16.9 Å². The minimum atomic E-state index is -0.136. The summed E-state index contributed by atoms with van der Waals surface area (Å²) >= 11 is 1.45. The van der Waals surface area contributed by atoms with Gasteiger partial charge in [-0.1, -0.05) is 18.2 Å². The first-order valence-electron chi connectivity index (χ1n) is 7.20. The molecular formula is C16H19N3OS. The van der Waals surface area contributed by atoms with Crippen LogP contribution in [0.5, 0.6) is 0 Å². The van der Waals surface area contributed by atoms with Gasteiger partial charge >= 0.3 is 0 Å². The zero-order valence-corrected chi connectivity index (χ0v) is 13.1. The van der Waals surface area contributed by atoms with Crippen LogP contribution in [0, 0.1) is 0 Å². The molecule has 0 fully saturated rings. The van der Waals surface area contributed by atoms with Crippen LogP contribution in [0.25, 0.3) is 0 Å². The number of rotatable bonds is 2. The van der Waals surface area contributed by atoms with Crippen molar-refractivity contribution >= 4 is 22.9 Å². The summed E-state index contributed by atoms with van der Waals surface area (Å²) in [5, 5.41) is 2.61. The van der Waals surface area contributed by atoms with Gasteiger partial charge in [0.25, 0.3) is 5.91 Å². The Morgan fingerprint density at radius 3 is 2.95 bits per heavy atom. The van der Waals surface area contributed by atoms with Crippen LogP contribution in [0.3, 0.4) is 0 Å². The molecule has 4 nitrogen and oxygen atoms in total. The summed E-state index contributed by atoms with van der Waals surface area (Å²) in [4.78, 5) is 19.1. The van der Waals surface area contributed by atoms with Gasteiger partial charge in [0.1, 0.15) is 10.7 Å². The van der Waals surface area contributed by atoms with Crippen LogP contribution in [0.1, 0.15) is 47.4 Å². The minimum absolute atomic E-state index is 0.0298. The normalized spacial score (nSPS) is 19.2. The SMILES string of the molecule is CC(N)c1nc(C(=O)N2c3ccccc3CCC2C)cs1. The molecule has 0 bridgehead atoms. The van der Waals surface area contributed by atoms with Gasteiger partial charge in [0, 0.05) is 17.1 Å². The summed E-state index contributed by atoms with van der Waals surface area (Å²) in [7, 11) is 0. The third-order valence-corrected chi connectivity index (χ3v) is 4.92. The Bertz CT molecular complexity index is 665. The Kier molecular flexibility index (Phi) is 3.78. The summed E-state index contributed by atoms with van der Waals surface area (Å²) in [6.07, 6.45) is 2.00. The number of carbonyl (C=O) groups excluding carboxylic acids is 1. The van der Waals surface area contributed by atoms with E-state index >= 15 is 0 Å². The van der Waals surface area contributed by atoms with Crippen molar-refractivity contribution in [3.05, 3.63) is 45.9 Å². The molecule has 2 heterocycles. The van der Waals surface area contributed by atoms with Gasteiger partial charge in [-0.05, 0) is 38.3 Å². The molecular weight excluding hydrogens is 282 g/mol. The van der Waals surface area contributed by atoms with Crippen LogP contribution in [0.15, 0.2) is 29.6 Å². The molecule has 0 aliphatic carbocycles. The maximum Gasteiger partial charge on any atom is 0.278 e. The minimum Gasteiger partial charge on any atom is -0.322 e. The number of anilines is 1. The lowest BCUT2D eigenvalue weighted by Crippen LogP contribution is -2.42. The van der Waals surface area contributed by atoms with E-state index in [1.54, 1.807) is 0 Å². The van der Waals surface area contributed by atoms with Crippen LogP contribution >= 0.6 is 11.3 Å². The largest absolute Gasteiger partial charge is 0.322 e. The van der Waals surface area contributed by atoms with Crippen molar-refractivity contribution < 1.29 is 4.79 Å². The summed E-state index contributed by atoms with van der Waals surface area (Å²) in [6, 6.07) is 8.16. The first kappa shape index (κ1) is 14.2. The number of amides is 1. The van der Waals surface area contributed by atoms with Gasteiger partial charge in [0.05, 0.1) is 6.04 Å². The predicted octanol–water partition coefficient (Wildman–Crippen LogP) is 3.14. The number of nitrogens with two attached hydrogens (primary N) is 1. The molecule has 2 N–H and O–H groups in total. The van der Waals surface area contributed by atoms with E-state index in [0.717, 1.165) is 23.5 Å². The summed E-state index contributed by atoms with van der Waals surface area (Å²) < 4.78 is 0. The van der Waals surface area contributed by atoms with Crippen molar-refractivity contribution in [3.8, 4) is 0 Å².